The Bertz CT molecular complexity index is 665. The van der Waals surface area contributed by atoms with Gasteiger partial charge in [0.25, 0.3) is 0 Å². The van der Waals surface area contributed by atoms with E-state index in [4.69, 9.17) is 4.74 Å². The number of hydrogen-bond acceptors (Lipinski definition) is 4. The Kier molecular flexibility index (Phi) is 5.02. The van der Waals surface area contributed by atoms with E-state index >= 15 is 0 Å². The Balaban J connectivity index is 1.64. The lowest BCUT2D eigenvalue weighted by Gasteiger charge is -2.26. The van der Waals surface area contributed by atoms with Crippen LogP contribution in [0.5, 0.6) is 0 Å². The molecule has 0 unspecified atom stereocenters. The third-order valence-corrected chi connectivity index (χ3v) is 6.57. The molecule has 1 fully saturated rings. The monoisotopic (exact) mass is 337 g/mol. The fourth-order valence-corrected chi connectivity index (χ4v) is 4.99. The first kappa shape index (κ1) is 16.5. The third kappa shape index (κ3) is 3.93. The van der Waals surface area contributed by atoms with E-state index in [1.54, 1.807) is 0 Å². The van der Waals surface area contributed by atoms with Crippen molar-refractivity contribution in [2.75, 3.05) is 6.61 Å². The van der Waals surface area contributed by atoms with Gasteiger partial charge in [-0.3, -0.25) is 9.52 Å². The van der Waals surface area contributed by atoms with E-state index in [-0.39, 0.29) is 12.5 Å². The van der Waals surface area contributed by atoms with E-state index in [0.29, 0.717) is 19.4 Å². The van der Waals surface area contributed by atoms with Crippen LogP contribution in [0.2, 0.25) is 0 Å². The summed E-state index contributed by atoms with van der Waals surface area (Å²) in [5.41, 5.74) is 2.16. The highest BCUT2D eigenvalue weighted by molar-refractivity contribution is 7.90. The van der Waals surface area contributed by atoms with Gasteiger partial charge in [0.2, 0.25) is 15.9 Å². The summed E-state index contributed by atoms with van der Waals surface area (Å²) in [6, 6.07) is 7.86. The molecule has 0 radical (unpaired) electrons. The van der Waals surface area contributed by atoms with Gasteiger partial charge in [0.05, 0.1) is 24.4 Å². The lowest BCUT2D eigenvalue weighted by molar-refractivity contribution is -0.122. The molecule has 6 heteroatoms. The van der Waals surface area contributed by atoms with Gasteiger partial charge in [-0.1, -0.05) is 43.5 Å². The molecule has 1 aliphatic carbocycles. The summed E-state index contributed by atoms with van der Waals surface area (Å²) in [7, 11) is -3.57. The normalized spacial score (nSPS) is 22.3. The van der Waals surface area contributed by atoms with E-state index in [2.05, 4.69) is 4.72 Å². The topological polar surface area (TPSA) is 72.5 Å². The van der Waals surface area contributed by atoms with Crippen LogP contribution in [0.25, 0.3) is 0 Å². The Morgan fingerprint density at radius 3 is 2.70 bits per heavy atom. The summed E-state index contributed by atoms with van der Waals surface area (Å²) in [6.07, 6.45) is 4.71. The highest BCUT2D eigenvalue weighted by Gasteiger charge is 2.30. The fourth-order valence-electron chi connectivity index (χ4n) is 3.47. The van der Waals surface area contributed by atoms with Gasteiger partial charge < -0.3 is 4.74 Å². The van der Waals surface area contributed by atoms with Crippen LogP contribution in [0.15, 0.2) is 24.3 Å². The number of nitrogens with one attached hydrogen (secondary N) is 1. The minimum Gasteiger partial charge on any atom is -0.373 e. The fraction of sp³-hybridized carbons (Fsp3) is 0.588. The molecule has 5 nitrogen and oxygen atoms in total. The van der Waals surface area contributed by atoms with Gasteiger partial charge in [-0.05, 0) is 30.4 Å². The summed E-state index contributed by atoms with van der Waals surface area (Å²) >= 11 is 0. The molecule has 1 N–H and O–H groups in total. The summed E-state index contributed by atoms with van der Waals surface area (Å²) in [6.45, 7) is 0.560. The van der Waals surface area contributed by atoms with E-state index in [0.717, 1.165) is 31.2 Å². The second-order valence-corrected chi connectivity index (χ2v) is 8.30. The number of sulfonamides is 1. The van der Waals surface area contributed by atoms with Crippen LogP contribution in [0, 0.1) is 0 Å². The van der Waals surface area contributed by atoms with Gasteiger partial charge >= 0.3 is 0 Å². The predicted molar refractivity (Wildman–Crippen MR) is 87.4 cm³/mol. The smallest absolute Gasteiger partial charge is 0.237 e. The number of benzene rings is 1. The second kappa shape index (κ2) is 7.01. The van der Waals surface area contributed by atoms with Gasteiger partial charge in [0, 0.05) is 0 Å². The Morgan fingerprint density at radius 1 is 1.17 bits per heavy atom. The van der Waals surface area contributed by atoms with Gasteiger partial charge in [-0.15, -0.1) is 0 Å². The average Bonchev–Trinajstić information content (AvgIpc) is 2.55. The Labute approximate surface area is 137 Å². The molecule has 1 aromatic rings. The first-order valence-corrected chi connectivity index (χ1v) is 9.85. The zero-order valence-electron chi connectivity index (χ0n) is 13.2. The van der Waals surface area contributed by atoms with E-state index in [9.17, 15) is 13.2 Å². The van der Waals surface area contributed by atoms with Crippen LogP contribution in [-0.4, -0.2) is 26.2 Å². The Hall–Kier alpha value is -1.40. The minimum absolute atomic E-state index is 0.0446. The van der Waals surface area contributed by atoms with Crippen LogP contribution in [-0.2, 0) is 26.0 Å². The average molecular weight is 337 g/mol. The maximum absolute atomic E-state index is 12.3. The molecule has 0 bridgehead atoms. The molecule has 0 spiro atoms. The maximum Gasteiger partial charge on any atom is 0.237 e. The summed E-state index contributed by atoms with van der Waals surface area (Å²) < 4.78 is 32.6. The van der Waals surface area contributed by atoms with E-state index < -0.39 is 21.2 Å². The number of carbonyl (C=O) groups is 1. The molecule has 1 atom stereocenters. The number of hydrogen-bond donors (Lipinski definition) is 1. The molecule has 1 aliphatic heterocycles. The summed E-state index contributed by atoms with van der Waals surface area (Å²) in [5, 5.41) is -0.431. The number of carbonyl (C=O) groups excluding carboxylic acids is 1. The van der Waals surface area contributed by atoms with Crippen molar-refractivity contribution in [3.63, 3.8) is 0 Å². The molecule has 0 aromatic heterocycles. The molecule has 1 saturated carbocycles. The molecular weight excluding hydrogens is 314 g/mol. The van der Waals surface area contributed by atoms with E-state index in [1.807, 2.05) is 24.3 Å². The zero-order valence-corrected chi connectivity index (χ0v) is 14.0. The number of amides is 1. The zero-order chi connectivity index (χ0) is 16.3. The molecule has 2 aliphatic rings. The SMILES string of the molecule is O=C(C[C@@H]1OCCc2ccccc21)NS(=O)(=O)C1CCCCC1. The van der Waals surface area contributed by atoms with Gasteiger partial charge in [-0.2, -0.15) is 0 Å². The van der Waals surface area contributed by atoms with Crippen LogP contribution in [0.4, 0.5) is 0 Å². The predicted octanol–water partition coefficient (Wildman–Crippen LogP) is 2.47. The highest BCUT2D eigenvalue weighted by Crippen LogP contribution is 2.29. The van der Waals surface area contributed by atoms with Crippen molar-refractivity contribution in [1.82, 2.24) is 4.72 Å². The number of rotatable bonds is 4. The molecule has 1 heterocycles. The van der Waals surface area contributed by atoms with Crippen molar-refractivity contribution in [2.24, 2.45) is 0 Å². The summed E-state index contributed by atoms with van der Waals surface area (Å²) in [5.74, 6) is -0.475. The van der Waals surface area contributed by atoms with Crippen LogP contribution in [0.1, 0.15) is 55.8 Å². The van der Waals surface area contributed by atoms with Crippen molar-refractivity contribution < 1.29 is 17.9 Å². The van der Waals surface area contributed by atoms with Crippen molar-refractivity contribution in [1.29, 1.82) is 0 Å². The van der Waals surface area contributed by atoms with Gasteiger partial charge in [0.1, 0.15) is 0 Å². The lowest BCUT2D eigenvalue weighted by atomic mass is 9.96. The molecule has 126 valence electrons. The summed E-state index contributed by atoms with van der Waals surface area (Å²) in [4.78, 5) is 12.2. The highest BCUT2D eigenvalue weighted by atomic mass is 32.2. The first-order chi connectivity index (χ1) is 11.1. The largest absolute Gasteiger partial charge is 0.373 e. The molecule has 3 rings (SSSR count). The maximum atomic E-state index is 12.3. The quantitative estimate of drug-likeness (QED) is 0.916. The van der Waals surface area contributed by atoms with Crippen LogP contribution < -0.4 is 4.72 Å². The second-order valence-electron chi connectivity index (χ2n) is 6.34. The van der Waals surface area contributed by atoms with Gasteiger partial charge in [0.15, 0.2) is 0 Å². The van der Waals surface area contributed by atoms with Crippen molar-refractivity contribution >= 4 is 15.9 Å². The molecular formula is C17H23NO4S. The minimum atomic E-state index is -3.57. The van der Waals surface area contributed by atoms with Crippen LogP contribution in [0.3, 0.4) is 0 Å². The van der Waals surface area contributed by atoms with Crippen molar-refractivity contribution in [3.05, 3.63) is 35.4 Å². The first-order valence-electron chi connectivity index (χ1n) is 8.30. The molecule has 1 amide bonds. The molecule has 0 saturated heterocycles. The third-order valence-electron chi connectivity index (χ3n) is 4.71. The number of fused-ring (bicyclic) bond motifs is 1. The standard InChI is InChI=1S/C17H23NO4S/c19-17(18-23(20,21)14-7-2-1-3-8-14)12-16-15-9-5-4-6-13(15)10-11-22-16/h4-6,9,14,16H,1-3,7-8,10-12H2,(H,18,19)/t16-/m0/s1. The van der Waals surface area contributed by atoms with Crippen LogP contribution >= 0.6 is 0 Å². The van der Waals surface area contributed by atoms with Crippen molar-refractivity contribution in [2.45, 2.75) is 56.3 Å². The Morgan fingerprint density at radius 2 is 1.91 bits per heavy atom. The van der Waals surface area contributed by atoms with Crippen molar-refractivity contribution in [3.8, 4) is 0 Å². The molecule has 1 aromatic carbocycles. The molecule has 23 heavy (non-hydrogen) atoms. The van der Waals surface area contributed by atoms with E-state index in [1.165, 1.54) is 5.56 Å². The van der Waals surface area contributed by atoms with Gasteiger partial charge in [-0.25, -0.2) is 8.42 Å². The lowest BCUT2D eigenvalue weighted by Crippen LogP contribution is -2.40. The number of ether oxygens (including phenoxy) is 1.